The number of fused-ring (bicyclic) bond motifs is 1. The van der Waals surface area contributed by atoms with Crippen molar-refractivity contribution in [3.63, 3.8) is 0 Å². The molecule has 0 amide bonds. The number of hydrogen-bond acceptors (Lipinski definition) is 7. The number of nitro benzene ring substituents is 1. The number of carboxylic acid groups (broad SMARTS) is 1. The van der Waals surface area contributed by atoms with Crippen LogP contribution in [-0.4, -0.2) is 41.7 Å². The molecule has 9 nitrogen and oxygen atoms in total. The highest BCUT2D eigenvalue weighted by atomic mass is 16.6. The van der Waals surface area contributed by atoms with Gasteiger partial charge in [0.15, 0.2) is 5.75 Å². The average molecular weight is 334 g/mol. The number of hydrogen-bond donors (Lipinski definition) is 1. The first-order chi connectivity index (χ1) is 11.2. The topological polar surface area (TPSA) is 128 Å². The van der Waals surface area contributed by atoms with Gasteiger partial charge in [-0.1, -0.05) is 6.58 Å². The molecule has 1 unspecified atom stereocenters. The monoisotopic (exact) mass is 334 g/mol. The van der Waals surface area contributed by atoms with Crippen molar-refractivity contribution < 1.29 is 29.1 Å². The lowest BCUT2D eigenvalue weighted by atomic mass is 9.85. The van der Waals surface area contributed by atoms with Crippen molar-refractivity contribution in [2.45, 2.75) is 12.5 Å². The van der Waals surface area contributed by atoms with Crippen molar-refractivity contribution in [1.29, 1.82) is 0 Å². The molecule has 0 bridgehead atoms. The molecular formula is C15H14N2O7. The lowest BCUT2D eigenvalue weighted by molar-refractivity contribution is -0.386. The second kappa shape index (κ2) is 5.76. The van der Waals surface area contributed by atoms with Crippen molar-refractivity contribution in [2.75, 3.05) is 14.2 Å². The van der Waals surface area contributed by atoms with Gasteiger partial charge in [-0.2, -0.15) is 0 Å². The van der Waals surface area contributed by atoms with Gasteiger partial charge in [0.25, 0.3) is 0 Å². The summed E-state index contributed by atoms with van der Waals surface area (Å²) in [6.07, 6.45) is 0. The van der Waals surface area contributed by atoms with Crippen LogP contribution in [0, 0.1) is 10.1 Å². The normalized spacial score (nSPS) is 18.4. The third-order valence-corrected chi connectivity index (χ3v) is 3.84. The fourth-order valence-electron chi connectivity index (χ4n) is 2.62. The van der Waals surface area contributed by atoms with Crippen molar-refractivity contribution in [3.8, 4) is 5.75 Å². The molecule has 1 aromatic rings. The Balaban J connectivity index is 3.05. The molecule has 1 heterocycles. The molecule has 1 atom stereocenters. The number of methoxy groups -OCH3 is 2. The Labute approximate surface area is 135 Å². The first kappa shape index (κ1) is 17.1. The van der Waals surface area contributed by atoms with Gasteiger partial charge in [-0.25, -0.2) is 9.59 Å². The molecule has 1 aromatic carbocycles. The average Bonchev–Trinajstić information content (AvgIpc) is 2.84. The number of nitro groups is 1. The second-order valence-corrected chi connectivity index (χ2v) is 5.10. The summed E-state index contributed by atoms with van der Waals surface area (Å²) in [4.78, 5) is 38.6. The van der Waals surface area contributed by atoms with Crippen LogP contribution in [0.25, 0.3) is 5.57 Å². The van der Waals surface area contributed by atoms with Crippen LogP contribution in [0.1, 0.15) is 6.92 Å². The minimum atomic E-state index is -1.70. The minimum Gasteiger partial charge on any atom is -0.490 e. The minimum absolute atomic E-state index is 0.0828. The van der Waals surface area contributed by atoms with Gasteiger partial charge in [-0.15, -0.1) is 0 Å². The van der Waals surface area contributed by atoms with E-state index in [-0.39, 0.29) is 21.9 Å². The molecule has 1 N–H and O–H groups in total. The van der Waals surface area contributed by atoms with Gasteiger partial charge in [0, 0.05) is 0 Å². The smallest absolute Gasteiger partial charge is 0.337 e. The van der Waals surface area contributed by atoms with Gasteiger partial charge in [-0.05, 0) is 19.1 Å². The highest BCUT2D eigenvalue weighted by Gasteiger charge is 2.45. The molecule has 126 valence electrons. The maximum absolute atomic E-state index is 12.3. The third kappa shape index (κ3) is 2.30. The van der Waals surface area contributed by atoms with E-state index in [0.717, 1.165) is 7.11 Å². The first-order valence-corrected chi connectivity index (χ1v) is 6.66. The Morgan fingerprint density at radius 1 is 1.38 bits per heavy atom. The second-order valence-electron chi connectivity index (χ2n) is 5.10. The van der Waals surface area contributed by atoms with Crippen LogP contribution >= 0.6 is 0 Å². The van der Waals surface area contributed by atoms with Crippen LogP contribution in [0.4, 0.5) is 5.69 Å². The van der Waals surface area contributed by atoms with E-state index in [0.29, 0.717) is 0 Å². The van der Waals surface area contributed by atoms with E-state index in [9.17, 15) is 24.8 Å². The summed E-state index contributed by atoms with van der Waals surface area (Å²) >= 11 is 0. The van der Waals surface area contributed by atoms with Crippen LogP contribution in [-0.2, 0) is 14.3 Å². The Morgan fingerprint density at radius 2 is 2.00 bits per heavy atom. The van der Waals surface area contributed by atoms with Gasteiger partial charge in [0.1, 0.15) is 5.54 Å². The number of carbonyl (C=O) groups excluding carboxylic acids is 1. The molecule has 0 saturated carbocycles. The molecule has 0 spiro atoms. The summed E-state index contributed by atoms with van der Waals surface area (Å²) < 4.78 is 9.67. The predicted molar refractivity (Wildman–Crippen MR) is 81.0 cm³/mol. The quantitative estimate of drug-likeness (QED) is 0.346. The first-order valence-electron chi connectivity index (χ1n) is 6.66. The summed E-state index contributed by atoms with van der Waals surface area (Å²) in [5.41, 5.74) is -2.86. The van der Waals surface area contributed by atoms with E-state index in [4.69, 9.17) is 9.47 Å². The maximum Gasteiger partial charge on any atom is 0.337 e. The van der Waals surface area contributed by atoms with Crippen LogP contribution in [0.5, 0.6) is 5.75 Å². The Hall–Kier alpha value is -3.23. The van der Waals surface area contributed by atoms with Gasteiger partial charge >= 0.3 is 17.6 Å². The van der Waals surface area contributed by atoms with Gasteiger partial charge < -0.3 is 14.6 Å². The summed E-state index contributed by atoms with van der Waals surface area (Å²) in [5.74, 6) is -2.40. The number of nitrogens with zero attached hydrogens (tertiary/aromatic N) is 2. The lowest BCUT2D eigenvalue weighted by Crippen LogP contribution is -2.36. The van der Waals surface area contributed by atoms with E-state index in [2.05, 4.69) is 11.6 Å². The van der Waals surface area contributed by atoms with E-state index < -0.39 is 33.7 Å². The van der Waals surface area contributed by atoms with Crippen molar-refractivity contribution in [1.82, 2.24) is 0 Å². The van der Waals surface area contributed by atoms with Crippen LogP contribution in [0.3, 0.4) is 0 Å². The highest BCUT2D eigenvalue weighted by Crippen LogP contribution is 2.34. The van der Waals surface area contributed by atoms with Crippen LogP contribution in [0.2, 0.25) is 0 Å². The standard InChI is InChI=1S/C15H14N2O7/c1-7(13(18)19)15(2)11(14(20)24-4)10-8(16-15)5-6-9(23-3)12(10)17(21)22/h5-6H,1H2,2-4H3,(H,18,19). The predicted octanol–water partition coefficient (Wildman–Crippen LogP) is -0.0402. The SMILES string of the molecule is C=C(C(=O)O)C1(C)N=c2ccc(OC)c([N+](=O)[O-])c2=C1C(=O)OC. The van der Waals surface area contributed by atoms with Crippen LogP contribution in [0.15, 0.2) is 29.3 Å². The lowest BCUT2D eigenvalue weighted by Gasteiger charge is -2.23. The number of rotatable bonds is 5. The maximum atomic E-state index is 12.3. The Bertz CT molecular complexity index is 903. The summed E-state index contributed by atoms with van der Waals surface area (Å²) in [5, 5.41) is 20.7. The van der Waals surface area contributed by atoms with E-state index >= 15 is 0 Å². The van der Waals surface area contributed by atoms with Crippen LogP contribution < -0.4 is 15.3 Å². The van der Waals surface area contributed by atoms with Crippen molar-refractivity contribution >= 4 is 23.2 Å². The largest absolute Gasteiger partial charge is 0.490 e. The molecule has 1 aliphatic heterocycles. The molecule has 0 aliphatic carbocycles. The molecule has 2 rings (SSSR count). The zero-order valence-corrected chi connectivity index (χ0v) is 13.2. The number of benzene rings is 1. The molecule has 1 aliphatic rings. The van der Waals surface area contributed by atoms with Gasteiger partial charge in [-0.3, -0.25) is 15.1 Å². The zero-order chi connectivity index (χ0) is 18.2. The molecular weight excluding hydrogens is 320 g/mol. The number of esters is 1. The van der Waals surface area contributed by atoms with E-state index in [1.54, 1.807) is 0 Å². The Morgan fingerprint density at radius 3 is 2.46 bits per heavy atom. The van der Waals surface area contributed by atoms with Crippen molar-refractivity contribution in [2.24, 2.45) is 4.99 Å². The summed E-state index contributed by atoms with van der Waals surface area (Å²) in [7, 11) is 2.33. The molecule has 0 aromatic heterocycles. The molecule has 0 radical (unpaired) electrons. The molecule has 9 heteroatoms. The molecule has 24 heavy (non-hydrogen) atoms. The number of carbonyl (C=O) groups is 2. The fraction of sp³-hybridized carbons (Fsp3) is 0.267. The van der Waals surface area contributed by atoms with Gasteiger partial charge in [0.2, 0.25) is 0 Å². The third-order valence-electron chi connectivity index (χ3n) is 3.84. The number of aliphatic carboxylic acids is 1. The number of carboxylic acids is 1. The Kier molecular flexibility index (Phi) is 4.11. The van der Waals surface area contributed by atoms with Crippen molar-refractivity contribution in [3.05, 3.63) is 45.0 Å². The molecule has 0 saturated heterocycles. The van der Waals surface area contributed by atoms with E-state index in [1.165, 1.54) is 26.2 Å². The number of ether oxygens (including phenoxy) is 2. The summed E-state index contributed by atoms with van der Waals surface area (Å²) in [6.45, 7) is 4.79. The fourth-order valence-corrected chi connectivity index (χ4v) is 2.62. The summed E-state index contributed by atoms with van der Waals surface area (Å²) in [6, 6.07) is 2.73. The van der Waals surface area contributed by atoms with E-state index in [1.807, 2.05) is 0 Å². The zero-order valence-electron chi connectivity index (χ0n) is 13.2. The highest BCUT2D eigenvalue weighted by molar-refractivity contribution is 6.17. The molecule has 0 fully saturated rings. The van der Waals surface area contributed by atoms with Gasteiger partial charge in [0.05, 0.1) is 40.9 Å².